The van der Waals surface area contributed by atoms with Crippen LogP contribution in [-0.2, 0) is 16.0 Å². The first-order chi connectivity index (χ1) is 10.5. The molecular formula is C17H23NO4. The number of aromatic carboxylic acids is 1. The lowest BCUT2D eigenvalue weighted by molar-refractivity contribution is -0.121. The molecule has 0 aromatic heterocycles. The van der Waals surface area contributed by atoms with E-state index in [1.54, 1.807) is 24.3 Å². The first-order valence-corrected chi connectivity index (χ1v) is 7.79. The quantitative estimate of drug-likeness (QED) is 0.811. The summed E-state index contributed by atoms with van der Waals surface area (Å²) in [7, 11) is 0. The van der Waals surface area contributed by atoms with Gasteiger partial charge in [0.1, 0.15) is 0 Å². The second-order valence-electron chi connectivity index (χ2n) is 5.79. The number of rotatable bonds is 7. The molecule has 0 aliphatic carbocycles. The molecule has 1 aliphatic rings. The van der Waals surface area contributed by atoms with Gasteiger partial charge in [-0.05, 0) is 50.3 Å². The van der Waals surface area contributed by atoms with Crippen molar-refractivity contribution in [3.63, 3.8) is 0 Å². The molecule has 0 unspecified atom stereocenters. The van der Waals surface area contributed by atoms with Crippen LogP contribution in [0.2, 0.25) is 0 Å². The molecule has 1 fully saturated rings. The van der Waals surface area contributed by atoms with Crippen molar-refractivity contribution in [2.24, 2.45) is 0 Å². The maximum absolute atomic E-state index is 11.8. The number of carbonyl (C=O) groups excluding carboxylic acids is 1. The van der Waals surface area contributed by atoms with Crippen LogP contribution in [0.3, 0.4) is 0 Å². The van der Waals surface area contributed by atoms with Crippen molar-refractivity contribution in [2.75, 3.05) is 6.54 Å². The Kier molecular flexibility index (Phi) is 5.95. The minimum Gasteiger partial charge on any atom is -0.478 e. The van der Waals surface area contributed by atoms with E-state index in [1.165, 1.54) is 0 Å². The zero-order valence-corrected chi connectivity index (χ0v) is 12.9. The SMILES string of the molecule is C[C@@H]1CC[C@H](CCC(=O)NCCc2ccc(C(=O)O)cc2)O1. The lowest BCUT2D eigenvalue weighted by atomic mass is 10.1. The van der Waals surface area contributed by atoms with E-state index in [-0.39, 0.29) is 17.6 Å². The molecule has 1 saturated heterocycles. The molecule has 0 bridgehead atoms. The second kappa shape index (κ2) is 7.94. The summed E-state index contributed by atoms with van der Waals surface area (Å²) in [5.74, 6) is -0.881. The number of carboxylic acids is 1. The van der Waals surface area contributed by atoms with Crippen LogP contribution in [0.1, 0.15) is 48.5 Å². The Bertz CT molecular complexity index is 512. The Labute approximate surface area is 130 Å². The first-order valence-electron chi connectivity index (χ1n) is 7.79. The molecular weight excluding hydrogens is 282 g/mol. The van der Waals surface area contributed by atoms with Crippen molar-refractivity contribution in [3.05, 3.63) is 35.4 Å². The fourth-order valence-corrected chi connectivity index (χ4v) is 2.64. The van der Waals surface area contributed by atoms with Gasteiger partial charge in [0.15, 0.2) is 0 Å². The van der Waals surface area contributed by atoms with Gasteiger partial charge in [-0.2, -0.15) is 0 Å². The maximum atomic E-state index is 11.8. The predicted molar refractivity (Wildman–Crippen MR) is 82.9 cm³/mol. The minimum absolute atomic E-state index is 0.0466. The highest BCUT2D eigenvalue weighted by molar-refractivity contribution is 5.87. The van der Waals surface area contributed by atoms with Crippen LogP contribution >= 0.6 is 0 Å². The highest BCUT2D eigenvalue weighted by atomic mass is 16.5. The van der Waals surface area contributed by atoms with Crippen LogP contribution in [0.15, 0.2) is 24.3 Å². The minimum atomic E-state index is -0.927. The van der Waals surface area contributed by atoms with Crippen molar-refractivity contribution in [2.45, 2.75) is 51.2 Å². The van der Waals surface area contributed by atoms with E-state index in [4.69, 9.17) is 9.84 Å². The van der Waals surface area contributed by atoms with Gasteiger partial charge in [-0.1, -0.05) is 12.1 Å². The van der Waals surface area contributed by atoms with Crippen LogP contribution in [0, 0.1) is 0 Å². The number of hydrogen-bond acceptors (Lipinski definition) is 3. The van der Waals surface area contributed by atoms with Gasteiger partial charge >= 0.3 is 5.97 Å². The Morgan fingerprint density at radius 2 is 2.00 bits per heavy atom. The van der Waals surface area contributed by atoms with Crippen LogP contribution in [0.4, 0.5) is 0 Å². The number of hydrogen-bond donors (Lipinski definition) is 2. The molecule has 1 aromatic carbocycles. The molecule has 0 saturated carbocycles. The van der Waals surface area contributed by atoms with Crippen molar-refractivity contribution >= 4 is 11.9 Å². The summed E-state index contributed by atoms with van der Waals surface area (Å²) in [6.45, 7) is 2.63. The van der Waals surface area contributed by atoms with Crippen molar-refractivity contribution < 1.29 is 19.4 Å². The van der Waals surface area contributed by atoms with Gasteiger partial charge in [0.05, 0.1) is 17.8 Å². The lowest BCUT2D eigenvalue weighted by Gasteiger charge is -2.11. The number of amides is 1. The Morgan fingerprint density at radius 3 is 2.59 bits per heavy atom. The normalized spacial score (nSPS) is 20.8. The van der Waals surface area contributed by atoms with Crippen LogP contribution in [-0.4, -0.2) is 35.7 Å². The molecule has 120 valence electrons. The Balaban J connectivity index is 1.63. The maximum Gasteiger partial charge on any atom is 0.335 e. The molecule has 0 spiro atoms. The lowest BCUT2D eigenvalue weighted by Crippen LogP contribution is -2.26. The topological polar surface area (TPSA) is 75.6 Å². The Hall–Kier alpha value is -1.88. The van der Waals surface area contributed by atoms with Gasteiger partial charge in [0.25, 0.3) is 0 Å². The second-order valence-corrected chi connectivity index (χ2v) is 5.79. The Morgan fingerprint density at radius 1 is 1.27 bits per heavy atom. The van der Waals surface area contributed by atoms with E-state index >= 15 is 0 Å². The first kappa shape index (κ1) is 16.5. The van der Waals surface area contributed by atoms with E-state index in [9.17, 15) is 9.59 Å². The van der Waals surface area contributed by atoms with Crippen LogP contribution in [0.25, 0.3) is 0 Å². The molecule has 1 aromatic rings. The molecule has 2 N–H and O–H groups in total. The van der Waals surface area contributed by atoms with Crippen molar-refractivity contribution in [3.8, 4) is 0 Å². The molecule has 1 amide bonds. The summed E-state index contributed by atoms with van der Waals surface area (Å²) in [6, 6.07) is 6.73. The molecule has 5 nitrogen and oxygen atoms in total. The number of nitrogens with one attached hydrogen (secondary N) is 1. The average Bonchev–Trinajstić information content (AvgIpc) is 2.91. The average molecular weight is 305 g/mol. The largest absolute Gasteiger partial charge is 0.478 e. The van der Waals surface area contributed by atoms with E-state index in [1.807, 2.05) is 0 Å². The molecule has 22 heavy (non-hydrogen) atoms. The monoisotopic (exact) mass is 305 g/mol. The van der Waals surface area contributed by atoms with Gasteiger partial charge in [-0.3, -0.25) is 4.79 Å². The van der Waals surface area contributed by atoms with Gasteiger partial charge in [0.2, 0.25) is 5.91 Å². The standard InChI is InChI=1S/C17H23NO4/c1-12-2-7-15(22-12)8-9-16(19)18-11-10-13-3-5-14(6-4-13)17(20)21/h3-6,12,15H,2,7-11H2,1H3,(H,18,19)(H,20,21)/t12-,15-/m1/s1. The summed E-state index contributed by atoms with van der Waals surface area (Å²) < 4.78 is 5.69. The molecule has 5 heteroatoms. The molecule has 0 radical (unpaired) electrons. The van der Waals surface area contributed by atoms with Gasteiger partial charge in [-0.25, -0.2) is 4.79 Å². The van der Waals surface area contributed by atoms with Gasteiger partial charge in [-0.15, -0.1) is 0 Å². The van der Waals surface area contributed by atoms with E-state index in [0.29, 0.717) is 25.5 Å². The zero-order valence-electron chi connectivity index (χ0n) is 12.9. The number of ether oxygens (including phenoxy) is 1. The predicted octanol–water partition coefficient (Wildman–Crippen LogP) is 2.39. The highest BCUT2D eigenvalue weighted by Gasteiger charge is 2.21. The molecule has 2 atom stereocenters. The summed E-state index contributed by atoms with van der Waals surface area (Å²) in [4.78, 5) is 22.5. The fourth-order valence-electron chi connectivity index (χ4n) is 2.64. The molecule has 1 heterocycles. The molecule has 2 rings (SSSR count). The number of carboxylic acid groups (broad SMARTS) is 1. The van der Waals surface area contributed by atoms with Gasteiger partial charge < -0.3 is 15.2 Å². The fraction of sp³-hybridized carbons (Fsp3) is 0.529. The summed E-state index contributed by atoms with van der Waals surface area (Å²) in [6.07, 6.45) is 4.65. The van der Waals surface area contributed by atoms with Crippen LogP contribution in [0.5, 0.6) is 0 Å². The summed E-state index contributed by atoms with van der Waals surface area (Å²) in [5, 5.41) is 11.7. The van der Waals surface area contributed by atoms with E-state index < -0.39 is 5.97 Å². The van der Waals surface area contributed by atoms with Crippen molar-refractivity contribution in [1.82, 2.24) is 5.32 Å². The molecule has 1 aliphatic heterocycles. The third-order valence-corrected chi connectivity index (χ3v) is 3.95. The van der Waals surface area contributed by atoms with Crippen molar-refractivity contribution in [1.29, 1.82) is 0 Å². The summed E-state index contributed by atoms with van der Waals surface area (Å²) in [5.41, 5.74) is 1.29. The highest BCUT2D eigenvalue weighted by Crippen LogP contribution is 2.22. The smallest absolute Gasteiger partial charge is 0.335 e. The van der Waals surface area contributed by atoms with E-state index in [0.717, 1.165) is 24.8 Å². The number of carbonyl (C=O) groups is 2. The third kappa shape index (κ3) is 5.15. The zero-order chi connectivity index (χ0) is 15.9. The number of benzene rings is 1. The summed E-state index contributed by atoms with van der Waals surface area (Å²) >= 11 is 0. The third-order valence-electron chi connectivity index (χ3n) is 3.95. The van der Waals surface area contributed by atoms with E-state index in [2.05, 4.69) is 12.2 Å². The van der Waals surface area contributed by atoms with Gasteiger partial charge in [0, 0.05) is 13.0 Å². The van der Waals surface area contributed by atoms with Crippen LogP contribution < -0.4 is 5.32 Å².